The van der Waals surface area contributed by atoms with Gasteiger partial charge >= 0.3 is 6.09 Å². The first-order chi connectivity index (χ1) is 11.2. The lowest BCUT2D eigenvalue weighted by Gasteiger charge is -2.13. The van der Waals surface area contributed by atoms with Gasteiger partial charge in [-0.25, -0.2) is 4.79 Å². The first-order valence-electron chi connectivity index (χ1n) is 7.25. The molecular formula is C19H15NO3. The van der Waals surface area contributed by atoms with Crippen LogP contribution in [-0.2, 0) is 4.79 Å². The standard InChI is InChI=1S/C19H15NO3/c21-18-12-11-17(16(18)13-14-7-3-1-4-8-14)20-19(22)23-15-9-5-2-6-10-15/h1-13,17H,(H,20,22). The summed E-state index contributed by atoms with van der Waals surface area (Å²) in [6, 6.07) is 17.8. The predicted molar refractivity (Wildman–Crippen MR) is 88.0 cm³/mol. The summed E-state index contributed by atoms with van der Waals surface area (Å²) in [4.78, 5) is 23.9. The maximum atomic E-state index is 12.0. The summed E-state index contributed by atoms with van der Waals surface area (Å²) in [7, 11) is 0. The van der Waals surface area contributed by atoms with Crippen LogP contribution in [0.25, 0.3) is 6.08 Å². The fraction of sp³-hybridized carbons (Fsp3) is 0.0526. The summed E-state index contributed by atoms with van der Waals surface area (Å²) in [5.41, 5.74) is 1.42. The third kappa shape index (κ3) is 3.74. The molecule has 4 heteroatoms. The summed E-state index contributed by atoms with van der Waals surface area (Å²) in [6.07, 6.45) is 4.29. The van der Waals surface area contributed by atoms with Crippen LogP contribution in [0.2, 0.25) is 0 Å². The average Bonchev–Trinajstić information content (AvgIpc) is 2.90. The van der Waals surface area contributed by atoms with Crippen molar-refractivity contribution < 1.29 is 14.3 Å². The van der Waals surface area contributed by atoms with Crippen molar-refractivity contribution in [1.82, 2.24) is 5.32 Å². The highest BCUT2D eigenvalue weighted by molar-refractivity contribution is 6.11. The third-order valence-electron chi connectivity index (χ3n) is 3.41. The first kappa shape index (κ1) is 14.8. The van der Waals surface area contributed by atoms with Gasteiger partial charge in [-0.1, -0.05) is 54.6 Å². The maximum absolute atomic E-state index is 12.0. The lowest BCUT2D eigenvalue weighted by Crippen LogP contribution is -2.36. The molecule has 1 aliphatic carbocycles. The summed E-state index contributed by atoms with van der Waals surface area (Å²) in [5.74, 6) is 0.339. The molecule has 0 heterocycles. The maximum Gasteiger partial charge on any atom is 0.413 e. The molecule has 4 nitrogen and oxygen atoms in total. The monoisotopic (exact) mass is 305 g/mol. The molecule has 2 aromatic rings. The Bertz CT molecular complexity index is 764. The van der Waals surface area contributed by atoms with Crippen LogP contribution in [0.1, 0.15) is 5.56 Å². The Morgan fingerprint density at radius 2 is 1.65 bits per heavy atom. The fourth-order valence-electron chi connectivity index (χ4n) is 2.30. The van der Waals surface area contributed by atoms with E-state index in [0.29, 0.717) is 11.3 Å². The number of rotatable bonds is 3. The molecule has 3 rings (SSSR count). The Labute approximate surface area is 134 Å². The lowest BCUT2D eigenvalue weighted by atomic mass is 10.1. The highest BCUT2D eigenvalue weighted by Crippen LogP contribution is 2.19. The molecular weight excluding hydrogens is 290 g/mol. The van der Waals surface area contributed by atoms with Gasteiger partial charge < -0.3 is 10.1 Å². The zero-order valence-corrected chi connectivity index (χ0v) is 12.3. The van der Waals surface area contributed by atoms with E-state index in [9.17, 15) is 9.59 Å². The highest BCUT2D eigenvalue weighted by Gasteiger charge is 2.25. The quantitative estimate of drug-likeness (QED) is 0.885. The van der Waals surface area contributed by atoms with E-state index in [1.54, 1.807) is 36.4 Å². The number of hydrogen-bond donors (Lipinski definition) is 1. The van der Waals surface area contributed by atoms with E-state index < -0.39 is 12.1 Å². The number of amides is 1. The van der Waals surface area contributed by atoms with Gasteiger partial charge in [0.25, 0.3) is 0 Å². The second-order valence-corrected chi connectivity index (χ2v) is 5.06. The minimum Gasteiger partial charge on any atom is -0.410 e. The Hall–Kier alpha value is -3.14. The number of allylic oxidation sites excluding steroid dienone is 1. The van der Waals surface area contributed by atoms with Gasteiger partial charge in [-0.15, -0.1) is 0 Å². The van der Waals surface area contributed by atoms with Gasteiger partial charge in [-0.05, 0) is 29.8 Å². The lowest BCUT2D eigenvalue weighted by molar-refractivity contribution is -0.111. The number of benzene rings is 2. The van der Waals surface area contributed by atoms with Gasteiger partial charge in [0.15, 0.2) is 5.78 Å². The number of hydrogen-bond acceptors (Lipinski definition) is 3. The van der Waals surface area contributed by atoms with Gasteiger partial charge in [0.05, 0.1) is 6.04 Å². The van der Waals surface area contributed by atoms with Crippen LogP contribution in [0.3, 0.4) is 0 Å². The SMILES string of the molecule is O=C(NC1C=CC(=O)C1=Cc1ccccc1)Oc1ccccc1. The molecule has 1 unspecified atom stereocenters. The van der Waals surface area contributed by atoms with Crippen molar-refractivity contribution in [3.05, 3.63) is 84.0 Å². The molecule has 0 saturated heterocycles. The van der Waals surface area contributed by atoms with Crippen molar-refractivity contribution in [1.29, 1.82) is 0 Å². The Morgan fingerprint density at radius 1 is 1.00 bits per heavy atom. The molecule has 0 bridgehead atoms. The second-order valence-electron chi connectivity index (χ2n) is 5.06. The Morgan fingerprint density at radius 3 is 2.35 bits per heavy atom. The zero-order chi connectivity index (χ0) is 16.1. The first-order valence-corrected chi connectivity index (χ1v) is 7.25. The van der Waals surface area contributed by atoms with E-state index in [0.717, 1.165) is 5.56 Å². The molecule has 23 heavy (non-hydrogen) atoms. The van der Waals surface area contributed by atoms with Crippen LogP contribution in [0.5, 0.6) is 5.75 Å². The number of carbonyl (C=O) groups excluding carboxylic acids is 2. The van der Waals surface area contributed by atoms with Crippen LogP contribution in [0.15, 0.2) is 78.4 Å². The number of ketones is 1. The van der Waals surface area contributed by atoms with Crippen molar-refractivity contribution in [2.24, 2.45) is 0 Å². The van der Waals surface area contributed by atoms with Gasteiger partial charge in [0, 0.05) is 5.57 Å². The van der Waals surface area contributed by atoms with Gasteiger partial charge in [-0.2, -0.15) is 0 Å². The molecule has 1 amide bonds. The van der Waals surface area contributed by atoms with Crippen LogP contribution in [-0.4, -0.2) is 17.9 Å². The summed E-state index contributed by atoms with van der Waals surface area (Å²) in [5, 5.41) is 2.69. The molecule has 0 aromatic heterocycles. The van der Waals surface area contributed by atoms with E-state index in [1.165, 1.54) is 6.08 Å². The predicted octanol–water partition coefficient (Wildman–Crippen LogP) is 3.37. The number of carbonyl (C=O) groups is 2. The number of ether oxygens (including phenoxy) is 1. The smallest absolute Gasteiger partial charge is 0.410 e. The summed E-state index contributed by atoms with van der Waals surface area (Å²) >= 11 is 0. The molecule has 0 aliphatic heterocycles. The zero-order valence-electron chi connectivity index (χ0n) is 12.3. The van der Waals surface area contributed by atoms with Crippen LogP contribution in [0, 0.1) is 0 Å². The summed E-state index contributed by atoms with van der Waals surface area (Å²) in [6.45, 7) is 0. The van der Waals surface area contributed by atoms with Crippen LogP contribution >= 0.6 is 0 Å². The van der Waals surface area contributed by atoms with E-state index in [-0.39, 0.29) is 5.78 Å². The normalized spacial score (nSPS) is 18.2. The second kappa shape index (κ2) is 6.75. The van der Waals surface area contributed by atoms with Crippen molar-refractivity contribution in [3.8, 4) is 5.75 Å². The molecule has 0 spiro atoms. The minimum absolute atomic E-state index is 0.112. The molecule has 1 N–H and O–H groups in total. The molecule has 0 saturated carbocycles. The summed E-state index contributed by atoms with van der Waals surface area (Å²) < 4.78 is 5.19. The van der Waals surface area contributed by atoms with Crippen molar-refractivity contribution in [2.75, 3.05) is 0 Å². The van der Waals surface area contributed by atoms with E-state index in [1.807, 2.05) is 36.4 Å². The fourth-order valence-corrected chi connectivity index (χ4v) is 2.30. The van der Waals surface area contributed by atoms with Crippen molar-refractivity contribution >= 4 is 18.0 Å². The third-order valence-corrected chi connectivity index (χ3v) is 3.41. The molecule has 2 aromatic carbocycles. The van der Waals surface area contributed by atoms with E-state index >= 15 is 0 Å². The van der Waals surface area contributed by atoms with E-state index in [4.69, 9.17) is 4.74 Å². The van der Waals surface area contributed by atoms with Crippen LogP contribution < -0.4 is 10.1 Å². The average molecular weight is 305 g/mol. The Balaban J connectivity index is 1.71. The Kier molecular flexibility index (Phi) is 4.34. The van der Waals surface area contributed by atoms with Crippen molar-refractivity contribution in [3.63, 3.8) is 0 Å². The van der Waals surface area contributed by atoms with Gasteiger partial charge in [0.1, 0.15) is 5.75 Å². The molecule has 114 valence electrons. The number of nitrogens with one attached hydrogen (secondary N) is 1. The number of para-hydroxylation sites is 1. The minimum atomic E-state index is -0.598. The van der Waals surface area contributed by atoms with Gasteiger partial charge in [-0.3, -0.25) is 4.79 Å². The molecule has 0 radical (unpaired) electrons. The highest BCUT2D eigenvalue weighted by atomic mass is 16.6. The van der Waals surface area contributed by atoms with E-state index in [2.05, 4.69) is 5.32 Å². The topological polar surface area (TPSA) is 55.4 Å². The van der Waals surface area contributed by atoms with Gasteiger partial charge in [0.2, 0.25) is 0 Å². The van der Waals surface area contributed by atoms with Crippen molar-refractivity contribution in [2.45, 2.75) is 6.04 Å². The van der Waals surface area contributed by atoms with Crippen LogP contribution in [0.4, 0.5) is 4.79 Å². The molecule has 1 atom stereocenters. The molecule has 0 fully saturated rings. The molecule has 1 aliphatic rings. The largest absolute Gasteiger partial charge is 0.413 e.